The number of hydrogen-bond donors (Lipinski definition) is 1. The van der Waals surface area contributed by atoms with E-state index in [2.05, 4.69) is 9.62 Å². The zero-order valence-electron chi connectivity index (χ0n) is 13.3. The molecule has 1 fully saturated rings. The van der Waals surface area contributed by atoms with Gasteiger partial charge in [-0.05, 0) is 45.0 Å². The summed E-state index contributed by atoms with van der Waals surface area (Å²) in [5.74, 6) is 0.835. The zero-order valence-corrected chi connectivity index (χ0v) is 14.1. The Hall–Kier alpha value is -1.31. The van der Waals surface area contributed by atoms with Gasteiger partial charge in [0.25, 0.3) is 0 Å². The van der Waals surface area contributed by atoms with Crippen LogP contribution in [0.1, 0.15) is 19.8 Å². The van der Waals surface area contributed by atoms with Gasteiger partial charge in [0.2, 0.25) is 10.0 Å². The van der Waals surface area contributed by atoms with Crippen LogP contribution in [0.4, 0.5) is 0 Å². The van der Waals surface area contributed by atoms with Gasteiger partial charge in [0.15, 0.2) is 0 Å². The van der Waals surface area contributed by atoms with Crippen LogP contribution in [0, 0.1) is 0 Å². The van der Waals surface area contributed by atoms with E-state index in [1.807, 2.05) is 6.92 Å². The third-order valence-corrected chi connectivity index (χ3v) is 5.46. The van der Waals surface area contributed by atoms with Crippen LogP contribution in [0.5, 0.6) is 11.5 Å². The van der Waals surface area contributed by atoms with Crippen LogP contribution in [-0.2, 0) is 10.0 Å². The lowest BCUT2D eigenvalue weighted by Crippen LogP contribution is -2.40. The van der Waals surface area contributed by atoms with Crippen molar-refractivity contribution in [1.82, 2.24) is 9.62 Å². The van der Waals surface area contributed by atoms with Crippen LogP contribution in [-0.4, -0.2) is 53.2 Å². The van der Waals surface area contributed by atoms with E-state index in [9.17, 15) is 8.42 Å². The Morgan fingerprint density at radius 2 is 1.91 bits per heavy atom. The first-order valence-corrected chi connectivity index (χ1v) is 8.92. The normalized spacial score (nSPS) is 17.4. The fourth-order valence-electron chi connectivity index (χ4n) is 2.62. The maximum Gasteiger partial charge on any atom is 0.244 e. The Morgan fingerprint density at radius 3 is 2.50 bits per heavy atom. The van der Waals surface area contributed by atoms with Crippen molar-refractivity contribution < 1.29 is 17.9 Å². The maximum absolute atomic E-state index is 12.5. The minimum absolute atomic E-state index is 0.129. The van der Waals surface area contributed by atoms with E-state index in [1.54, 1.807) is 12.1 Å². The molecule has 1 atom stereocenters. The van der Waals surface area contributed by atoms with E-state index >= 15 is 0 Å². The van der Waals surface area contributed by atoms with E-state index in [4.69, 9.17) is 9.47 Å². The summed E-state index contributed by atoms with van der Waals surface area (Å²) in [6, 6.07) is 4.86. The van der Waals surface area contributed by atoms with Crippen LogP contribution in [0.2, 0.25) is 0 Å². The van der Waals surface area contributed by atoms with Crippen LogP contribution < -0.4 is 14.2 Å². The predicted octanol–water partition coefficient (Wildman–Crippen LogP) is 1.47. The number of methoxy groups -OCH3 is 2. The van der Waals surface area contributed by atoms with E-state index in [0.29, 0.717) is 12.3 Å². The van der Waals surface area contributed by atoms with Gasteiger partial charge in [0.1, 0.15) is 16.4 Å². The molecule has 0 aliphatic carbocycles. The van der Waals surface area contributed by atoms with Gasteiger partial charge < -0.3 is 9.47 Å². The Bertz CT molecular complexity index is 598. The fraction of sp³-hybridized carbons (Fsp3) is 0.600. The number of ether oxygens (including phenoxy) is 2. The molecular weight excluding hydrogens is 304 g/mol. The van der Waals surface area contributed by atoms with Crippen molar-refractivity contribution in [2.75, 3.05) is 33.9 Å². The monoisotopic (exact) mass is 328 g/mol. The van der Waals surface area contributed by atoms with E-state index in [1.165, 1.54) is 33.1 Å². The molecule has 2 rings (SSSR count). The average Bonchev–Trinajstić information content (AvgIpc) is 3.06. The van der Waals surface area contributed by atoms with E-state index in [-0.39, 0.29) is 16.7 Å². The molecule has 0 aromatic heterocycles. The van der Waals surface area contributed by atoms with Crippen molar-refractivity contribution in [2.24, 2.45) is 0 Å². The molecule has 0 amide bonds. The number of nitrogens with one attached hydrogen (secondary N) is 1. The van der Waals surface area contributed by atoms with Crippen molar-refractivity contribution in [1.29, 1.82) is 0 Å². The molecule has 1 heterocycles. The molecular formula is C15H24N2O4S. The highest BCUT2D eigenvalue weighted by atomic mass is 32.2. The van der Waals surface area contributed by atoms with Gasteiger partial charge in [0, 0.05) is 18.7 Å². The van der Waals surface area contributed by atoms with Gasteiger partial charge in [-0.2, -0.15) is 0 Å². The lowest BCUT2D eigenvalue weighted by Gasteiger charge is -2.24. The molecule has 1 aromatic carbocycles. The second-order valence-corrected chi connectivity index (χ2v) is 7.20. The fourth-order valence-corrected chi connectivity index (χ4v) is 3.89. The number of hydrogen-bond acceptors (Lipinski definition) is 5. The first-order valence-electron chi connectivity index (χ1n) is 7.43. The quantitative estimate of drug-likeness (QED) is 0.821. The molecule has 124 valence electrons. The molecule has 0 spiro atoms. The Kier molecular flexibility index (Phi) is 5.66. The first-order chi connectivity index (χ1) is 10.5. The second-order valence-electron chi connectivity index (χ2n) is 5.46. The Morgan fingerprint density at radius 1 is 1.23 bits per heavy atom. The van der Waals surface area contributed by atoms with Gasteiger partial charge in [-0.15, -0.1) is 0 Å². The van der Waals surface area contributed by atoms with Crippen LogP contribution in [0.15, 0.2) is 23.1 Å². The predicted molar refractivity (Wildman–Crippen MR) is 85.0 cm³/mol. The summed E-state index contributed by atoms with van der Waals surface area (Å²) in [5.41, 5.74) is 0. The first kappa shape index (κ1) is 17.1. The summed E-state index contributed by atoms with van der Waals surface area (Å²) in [5, 5.41) is 0. The van der Waals surface area contributed by atoms with Crippen LogP contribution in [0.25, 0.3) is 0 Å². The summed E-state index contributed by atoms with van der Waals surface area (Å²) in [7, 11) is -0.638. The van der Waals surface area contributed by atoms with Crippen molar-refractivity contribution in [3.63, 3.8) is 0 Å². The maximum atomic E-state index is 12.5. The highest BCUT2D eigenvalue weighted by Crippen LogP contribution is 2.28. The molecule has 1 aromatic rings. The van der Waals surface area contributed by atoms with Crippen LogP contribution >= 0.6 is 0 Å². The molecule has 0 bridgehead atoms. The highest BCUT2D eigenvalue weighted by Gasteiger charge is 2.23. The van der Waals surface area contributed by atoms with Crippen molar-refractivity contribution >= 4 is 10.0 Å². The summed E-state index contributed by atoms with van der Waals surface area (Å²) in [6.45, 7) is 4.50. The Labute approximate surface area is 132 Å². The molecule has 1 unspecified atom stereocenters. The van der Waals surface area contributed by atoms with E-state index < -0.39 is 10.0 Å². The standard InChI is InChI=1S/C15H24N2O4S/c1-12(17-8-4-5-9-17)11-16-22(18,19)15-7-6-13(20-2)10-14(15)21-3/h6-7,10,12,16H,4-5,8-9,11H2,1-3H3. The third kappa shape index (κ3) is 3.91. The van der Waals surface area contributed by atoms with Crippen molar-refractivity contribution in [3.8, 4) is 11.5 Å². The summed E-state index contributed by atoms with van der Waals surface area (Å²) < 4.78 is 37.9. The van der Waals surface area contributed by atoms with Gasteiger partial charge >= 0.3 is 0 Å². The smallest absolute Gasteiger partial charge is 0.244 e. The van der Waals surface area contributed by atoms with Gasteiger partial charge in [-0.1, -0.05) is 0 Å². The third-order valence-electron chi connectivity index (χ3n) is 3.99. The average molecular weight is 328 g/mol. The molecule has 0 radical (unpaired) electrons. The van der Waals surface area contributed by atoms with Gasteiger partial charge in [-0.25, -0.2) is 13.1 Å². The summed E-state index contributed by atoms with van der Waals surface area (Å²) in [4.78, 5) is 2.43. The second kappa shape index (κ2) is 7.30. The number of sulfonamides is 1. The number of likely N-dealkylation sites (tertiary alicyclic amines) is 1. The molecule has 6 nitrogen and oxygen atoms in total. The van der Waals surface area contributed by atoms with Gasteiger partial charge in [-0.3, -0.25) is 4.90 Å². The largest absolute Gasteiger partial charge is 0.497 e. The molecule has 0 saturated carbocycles. The number of rotatable bonds is 7. The SMILES string of the molecule is COc1ccc(S(=O)(=O)NCC(C)N2CCCC2)c(OC)c1. The lowest BCUT2D eigenvalue weighted by molar-refractivity contribution is 0.260. The van der Waals surface area contributed by atoms with E-state index in [0.717, 1.165) is 13.1 Å². The van der Waals surface area contributed by atoms with Crippen molar-refractivity contribution in [3.05, 3.63) is 18.2 Å². The summed E-state index contributed by atoms with van der Waals surface area (Å²) in [6.07, 6.45) is 2.37. The minimum Gasteiger partial charge on any atom is -0.497 e. The molecule has 1 aliphatic rings. The number of benzene rings is 1. The number of nitrogens with zero attached hydrogens (tertiary/aromatic N) is 1. The lowest BCUT2D eigenvalue weighted by atomic mass is 10.3. The minimum atomic E-state index is -3.61. The molecule has 1 N–H and O–H groups in total. The molecule has 7 heteroatoms. The topological polar surface area (TPSA) is 67.9 Å². The molecule has 1 saturated heterocycles. The molecule has 22 heavy (non-hydrogen) atoms. The Balaban J connectivity index is 2.09. The van der Waals surface area contributed by atoms with Crippen LogP contribution in [0.3, 0.4) is 0 Å². The molecule has 1 aliphatic heterocycles. The van der Waals surface area contributed by atoms with Crippen molar-refractivity contribution in [2.45, 2.75) is 30.7 Å². The zero-order chi connectivity index (χ0) is 16.2. The van der Waals surface area contributed by atoms with Gasteiger partial charge in [0.05, 0.1) is 14.2 Å². The highest BCUT2D eigenvalue weighted by molar-refractivity contribution is 7.89. The summed E-state index contributed by atoms with van der Waals surface area (Å²) >= 11 is 0.